The van der Waals surface area contributed by atoms with Crippen LogP contribution >= 0.6 is 23.4 Å². The lowest BCUT2D eigenvalue weighted by Gasteiger charge is -2.36. The maximum absolute atomic E-state index is 13.4. The molecule has 3 aromatic rings. The standard InChI is InChI=1S/C31H33ClN4O3S/c1-39-26-13-11-25(12-14-26)35-19-17-34(18-20-35)16-4-15-33-30(37)22-36-27-5-2-3-6-28(27)40-29(31(36)38)21-23-7-9-24(32)10-8-23/h2-3,5-14,21H,4,15-20,22H2,1H3,(H,33,37). The quantitative estimate of drug-likeness (QED) is 0.280. The number of ether oxygens (including phenoxy) is 1. The zero-order valence-corrected chi connectivity index (χ0v) is 24.1. The molecule has 0 aliphatic carbocycles. The molecule has 3 aromatic carbocycles. The molecule has 2 aliphatic heterocycles. The van der Waals surface area contributed by atoms with Gasteiger partial charge in [-0.2, -0.15) is 0 Å². The molecule has 208 valence electrons. The molecule has 2 amide bonds. The maximum atomic E-state index is 13.4. The molecule has 0 atom stereocenters. The highest BCUT2D eigenvalue weighted by atomic mass is 35.5. The molecule has 0 saturated carbocycles. The summed E-state index contributed by atoms with van der Waals surface area (Å²) in [5.41, 5.74) is 2.86. The van der Waals surface area contributed by atoms with Gasteiger partial charge in [0.25, 0.3) is 5.91 Å². The zero-order valence-electron chi connectivity index (χ0n) is 22.5. The average Bonchev–Trinajstić information content (AvgIpc) is 2.99. The minimum absolute atomic E-state index is 0.0189. The van der Waals surface area contributed by atoms with Crippen LogP contribution in [0.3, 0.4) is 0 Å². The van der Waals surface area contributed by atoms with E-state index < -0.39 is 0 Å². The Morgan fingerprint density at radius 3 is 2.45 bits per heavy atom. The molecule has 0 bridgehead atoms. The number of carbonyl (C=O) groups excluding carboxylic acids is 2. The number of para-hydroxylation sites is 1. The van der Waals surface area contributed by atoms with Crippen LogP contribution in [0.5, 0.6) is 5.75 Å². The largest absolute Gasteiger partial charge is 0.497 e. The third-order valence-corrected chi connectivity index (χ3v) is 8.41. The Hall–Kier alpha value is -3.46. The Morgan fingerprint density at radius 1 is 1.00 bits per heavy atom. The van der Waals surface area contributed by atoms with Crippen LogP contribution in [-0.2, 0) is 9.59 Å². The van der Waals surface area contributed by atoms with Gasteiger partial charge in [0.1, 0.15) is 12.3 Å². The average molecular weight is 577 g/mol. The van der Waals surface area contributed by atoms with E-state index in [2.05, 4.69) is 27.2 Å². The molecule has 2 heterocycles. The third-order valence-electron chi connectivity index (χ3n) is 7.08. The summed E-state index contributed by atoms with van der Waals surface area (Å²) in [6.45, 7) is 5.39. The Morgan fingerprint density at radius 2 is 1.73 bits per heavy atom. The van der Waals surface area contributed by atoms with E-state index in [1.54, 1.807) is 24.1 Å². The number of fused-ring (bicyclic) bond motifs is 1. The van der Waals surface area contributed by atoms with E-state index in [0.29, 0.717) is 16.5 Å². The number of nitrogens with one attached hydrogen (secondary N) is 1. The van der Waals surface area contributed by atoms with Gasteiger partial charge in [0.15, 0.2) is 0 Å². The van der Waals surface area contributed by atoms with E-state index in [1.165, 1.54) is 17.4 Å². The number of methoxy groups -OCH3 is 1. The van der Waals surface area contributed by atoms with Crippen LogP contribution in [0, 0.1) is 0 Å². The molecule has 0 unspecified atom stereocenters. The highest BCUT2D eigenvalue weighted by Gasteiger charge is 2.30. The first kappa shape index (κ1) is 28.1. The summed E-state index contributed by atoms with van der Waals surface area (Å²) < 4.78 is 5.26. The van der Waals surface area contributed by atoms with Gasteiger partial charge in [0.05, 0.1) is 17.7 Å². The van der Waals surface area contributed by atoms with Gasteiger partial charge in [0, 0.05) is 48.3 Å². The fourth-order valence-electron chi connectivity index (χ4n) is 4.88. The highest BCUT2D eigenvalue weighted by Crippen LogP contribution is 2.42. The molecular weight excluding hydrogens is 544 g/mol. The highest BCUT2D eigenvalue weighted by molar-refractivity contribution is 8.04. The van der Waals surface area contributed by atoms with Crippen LogP contribution in [0.15, 0.2) is 82.6 Å². The number of amides is 2. The summed E-state index contributed by atoms with van der Waals surface area (Å²) in [6, 6.07) is 23.2. The number of carbonyl (C=O) groups is 2. The van der Waals surface area contributed by atoms with E-state index in [1.807, 2.05) is 54.6 Å². The molecule has 7 nitrogen and oxygen atoms in total. The second-order valence-corrected chi connectivity index (χ2v) is 11.3. The summed E-state index contributed by atoms with van der Waals surface area (Å²) in [4.78, 5) is 34.2. The smallest absolute Gasteiger partial charge is 0.265 e. The zero-order chi connectivity index (χ0) is 27.9. The van der Waals surface area contributed by atoms with Crippen molar-refractivity contribution in [1.82, 2.24) is 10.2 Å². The first-order chi connectivity index (χ1) is 19.5. The summed E-state index contributed by atoms with van der Waals surface area (Å²) in [7, 11) is 1.68. The maximum Gasteiger partial charge on any atom is 0.265 e. The van der Waals surface area contributed by atoms with Crippen LogP contribution in [0.2, 0.25) is 5.02 Å². The summed E-state index contributed by atoms with van der Waals surface area (Å²) in [6.07, 6.45) is 2.70. The summed E-state index contributed by atoms with van der Waals surface area (Å²) in [5, 5.41) is 3.66. The topological polar surface area (TPSA) is 65.1 Å². The number of anilines is 2. The molecule has 40 heavy (non-hydrogen) atoms. The molecule has 0 radical (unpaired) electrons. The van der Waals surface area contributed by atoms with Gasteiger partial charge in [-0.25, -0.2) is 0 Å². The Kier molecular flexibility index (Phi) is 9.31. The van der Waals surface area contributed by atoms with Crippen LogP contribution in [0.4, 0.5) is 11.4 Å². The predicted octanol–water partition coefficient (Wildman–Crippen LogP) is 5.16. The fourth-order valence-corrected chi connectivity index (χ4v) is 6.07. The summed E-state index contributed by atoms with van der Waals surface area (Å²) in [5.74, 6) is 0.528. The number of piperazine rings is 1. The fraction of sp³-hybridized carbons (Fsp3) is 0.290. The lowest BCUT2D eigenvalue weighted by Crippen LogP contribution is -2.47. The van der Waals surface area contributed by atoms with Gasteiger partial charge in [0.2, 0.25) is 5.91 Å². The molecule has 5 rings (SSSR count). The summed E-state index contributed by atoms with van der Waals surface area (Å²) >= 11 is 7.43. The Bertz CT molecular complexity index is 1360. The second kappa shape index (κ2) is 13.3. The number of thioether (sulfide) groups is 1. The second-order valence-electron chi connectivity index (χ2n) is 9.75. The van der Waals surface area contributed by atoms with Crippen molar-refractivity contribution in [3.63, 3.8) is 0 Å². The molecule has 9 heteroatoms. The molecule has 1 fully saturated rings. The number of hydrogen-bond acceptors (Lipinski definition) is 6. The van der Waals surface area contributed by atoms with Crippen molar-refractivity contribution >= 4 is 52.6 Å². The van der Waals surface area contributed by atoms with Crippen LogP contribution in [0.25, 0.3) is 6.08 Å². The molecule has 1 saturated heterocycles. The Balaban J connectivity index is 1.10. The van der Waals surface area contributed by atoms with Gasteiger partial charge < -0.3 is 15.0 Å². The first-order valence-electron chi connectivity index (χ1n) is 13.4. The first-order valence-corrected chi connectivity index (χ1v) is 14.6. The number of nitrogens with zero attached hydrogens (tertiary/aromatic N) is 3. The normalized spacial score (nSPS) is 16.6. The van der Waals surface area contributed by atoms with Gasteiger partial charge in [-0.05, 0) is 73.1 Å². The Labute approximate surface area is 244 Å². The molecule has 2 aliphatic rings. The van der Waals surface area contributed by atoms with Gasteiger partial charge in [-0.3, -0.25) is 19.4 Å². The number of hydrogen-bond donors (Lipinski definition) is 1. The third kappa shape index (κ3) is 6.99. The SMILES string of the molecule is COc1ccc(N2CCN(CCCNC(=O)CN3C(=O)C(=Cc4ccc(Cl)cc4)Sc4ccccc43)CC2)cc1. The van der Waals surface area contributed by atoms with Crippen molar-refractivity contribution in [2.24, 2.45) is 0 Å². The molecular formula is C31H33ClN4O3S. The van der Waals surface area contributed by atoms with Gasteiger partial charge in [-0.1, -0.05) is 47.6 Å². The van der Waals surface area contributed by atoms with Crippen molar-refractivity contribution in [3.8, 4) is 5.75 Å². The molecule has 0 spiro atoms. The lowest BCUT2D eigenvalue weighted by atomic mass is 10.2. The van der Waals surface area contributed by atoms with Crippen molar-refractivity contribution < 1.29 is 14.3 Å². The predicted molar refractivity (Wildman–Crippen MR) is 163 cm³/mol. The van der Waals surface area contributed by atoms with E-state index in [9.17, 15) is 9.59 Å². The van der Waals surface area contributed by atoms with Crippen molar-refractivity contribution in [3.05, 3.63) is 88.3 Å². The van der Waals surface area contributed by atoms with Crippen LogP contribution in [-0.4, -0.2) is 69.6 Å². The van der Waals surface area contributed by atoms with E-state index in [4.69, 9.17) is 16.3 Å². The van der Waals surface area contributed by atoms with E-state index in [-0.39, 0.29) is 18.4 Å². The van der Waals surface area contributed by atoms with Crippen molar-refractivity contribution in [2.45, 2.75) is 11.3 Å². The molecule has 1 N–H and O–H groups in total. The minimum Gasteiger partial charge on any atom is -0.497 e. The van der Waals surface area contributed by atoms with E-state index in [0.717, 1.165) is 61.0 Å². The minimum atomic E-state index is -0.177. The number of halogens is 1. The number of rotatable bonds is 9. The van der Waals surface area contributed by atoms with Crippen LogP contribution in [0.1, 0.15) is 12.0 Å². The van der Waals surface area contributed by atoms with Gasteiger partial charge >= 0.3 is 0 Å². The van der Waals surface area contributed by atoms with E-state index >= 15 is 0 Å². The molecule has 0 aromatic heterocycles. The van der Waals surface area contributed by atoms with Crippen LogP contribution < -0.4 is 19.9 Å². The van der Waals surface area contributed by atoms with Gasteiger partial charge in [-0.15, -0.1) is 0 Å². The monoisotopic (exact) mass is 576 g/mol. The van der Waals surface area contributed by atoms with Crippen molar-refractivity contribution in [2.75, 3.05) is 62.7 Å². The van der Waals surface area contributed by atoms with Crippen molar-refractivity contribution in [1.29, 1.82) is 0 Å². The lowest BCUT2D eigenvalue weighted by molar-refractivity contribution is -0.122. The number of benzene rings is 3.